The van der Waals surface area contributed by atoms with Gasteiger partial charge in [-0.05, 0) is 32.2 Å². The highest BCUT2D eigenvalue weighted by molar-refractivity contribution is 4.66. The van der Waals surface area contributed by atoms with Crippen molar-refractivity contribution in [1.29, 1.82) is 0 Å². The molecular formula is C13H27F3N2. The van der Waals surface area contributed by atoms with Gasteiger partial charge in [-0.25, -0.2) is 0 Å². The van der Waals surface area contributed by atoms with Crippen LogP contribution in [0.25, 0.3) is 0 Å². The zero-order chi connectivity index (χ0) is 14.2. The van der Waals surface area contributed by atoms with Gasteiger partial charge in [0.1, 0.15) is 0 Å². The molecule has 0 saturated carbocycles. The predicted octanol–water partition coefficient (Wildman–Crippen LogP) is 3.28. The van der Waals surface area contributed by atoms with Gasteiger partial charge >= 0.3 is 6.18 Å². The van der Waals surface area contributed by atoms with Gasteiger partial charge in [0.05, 0.1) is 6.54 Å². The molecule has 110 valence electrons. The number of nitrogens with zero attached hydrogens (tertiary/aromatic N) is 1. The number of hydrogen-bond acceptors (Lipinski definition) is 2. The normalized spacial score (nSPS) is 14.5. The van der Waals surface area contributed by atoms with Crippen molar-refractivity contribution in [3.8, 4) is 0 Å². The van der Waals surface area contributed by atoms with E-state index >= 15 is 0 Å². The summed E-state index contributed by atoms with van der Waals surface area (Å²) in [7, 11) is 0. The molecule has 0 aromatic carbocycles. The summed E-state index contributed by atoms with van der Waals surface area (Å²) in [6.45, 7) is 8.87. The lowest BCUT2D eigenvalue weighted by Gasteiger charge is -2.23. The summed E-state index contributed by atoms with van der Waals surface area (Å²) < 4.78 is 36.7. The first-order valence-corrected chi connectivity index (χ1v) is 6.77. The summed E-state index contributed by atoms with van der Waals surface area (Å²) >= 11 is 0. The Morgan fingerprint density at radius 1 is 1.11 bits per heavy atom. The Labute approximate surface area is 109 Å². The average Bonchev–Trinajstić information content (AvgIpc) is 2.23. The Morgan fingerprint density at radius 3 is 2.17 bits per heavy atom. The second kappa shape index (κ2) is 8.75. The van der Waals surface area contributed by atoms with Gasteiger partial charge in [-0.15, -0.1) is 0 Å². The molecule has 0 rings (SSSR count). The minimum Gasteiger partial charge on any atom is -0.313 e. The summed E-state index contributed by atoms with van der Waals surface area (Å²) in [6.07, 6.45) is -1.88. The molecule has 0 aromatic heterocycles. The summed E-state index contributed by atoms with van der Waals surface area (Å²) in [5, 5.41) is 3.28. The lowest BCUT2D eigenvalue weighted by atomic mass is 10.0. The third-order valence-corrected chi connectivity index (χ3v) is 2.95. The summed E-state index contributed by atoms with van der Waals surface area (Å²) in [5.41, 5.74) is 0. The van der Waals surface area contributed by atoms with E-state index in [0.29, 0.717) is 31.6 Å². The maximum atomic E-state index is 12.2. The summed E-state index contributed by atoms with van der Waals surface area (Å²) in [5.74, 6) is 0.673. The number of nitrogens with one attached hydrogen (secondary N) is 1. The molecule has 0 saturated heterocycles. The van der Waals surface area contributed by atoms with E-state index in [1.165, 1.54) is 4.90 Å². The second-order valence-corrected chi connectivity index (χ2v) is 5.31. The third-order valence-electron chi connectivity index (χ3n) is 2.95. The number of hydrogen-bond donors (Lipinski definition) is 1. The molecule has 0 radical (unpaired) electrons. The van der Waals surface area contributed by atoms with Gasteiger partial charge in [0, 0.05) is 19.1 Å². The molecule has 0 fully saturated rings. The molecule has 0 aliphatic carbocycles. The maximum Gasteiger partial charge on any atom is 0.401 e. The van der Waals surface area contributed by atoms with Crippen molar-refractivity contribution in [3.05, 3.63) is 0 Å². The first-order valence-electron chi connectivity index (χ1n) is 6.77. The van der Waals surface area contributed by atoms with Crippen LogP contribution in [0.2, 0.25) is 0 Å². The van der Waals surface area contributed by atoms with Crippen LogP contribution in [0, 0.1) is 5.92 Å². The molecule has 0 bridgehead atoms. The van der Waals surface area contributed by atoms with Gasteiger partial charge in [-0.1, -0.05) is 20.8 Å². The quantitative estimate of drug-likeness (QED) is 0.690. The molecule has 0 aromatic rings. The molecule has 2 nitrogen and oxygen atoms in total. The summed E-state index contributed by atoms with van der Waals surface area (Å²) in [4.78, 5) is 1.42. The minimum absolute atomic E-state index is 0.372. The fourth-order valence-electron chi connectivity index (χ4n) is 1.76. The van der Waals surface area contributed by atoms with Crippen LogP contribution >= 0.6 is 0 Å². The van der Waals surface area contributed by atoms with Gasteiger partial charge in [-0.3, -0.25) is 4.90 Å². The average molecular weight is 268 g/mol. The minimum atomic E-state index is -4.10. The van der Waals surface area contributed by atoms with Gasteiger partial charge in [0.25, 0.3) is 0 Å². The SMILES string of the molecule is CCN(CCNC(C)CCC(C)C)CC(F)(F)F. The fourth-order valence-corrected chi connectivity index (χ4v) is 1.76. The number of alkyl halides is 3. The predicted molar refractivity (Wildman–Crippen MR) is 69.7 cm³/mol. The molecule has 0 amide bonds. The standard InChI is InChI=1S/C13H27F3N2/c1-5-18(10-13(14,15)16)9-8-17-12(4)7-6-11(2)3/h11-12,17H,5-10H2,1-4H3. The number of halogens is 3. The molecule has 1 N–H and O–H groups in total. The molecule has 1 atom stereocenters. The molecule has 0 aliphatic rings. The Bertz CT molecular complexity index is 205. The lowest BCUT2D eigenvalue weighted by Crippen LogP contribution is -2.40. The first-order chi connectivity index (χ1) is 8.24. The van der Waals surface area contributed by atoms with E-state index in [4.69, 9.17) is 0 Å². The molecular weight excluding hydrogens is 241 g/mol. The van der Waals surface area contributed by atoms with E-state index in [-0.39, 0.29) is 0 Å². The van der Waals surface area contributed by atoms with Crippen LogP contribution in [0.1, 0.15) is 40.5 Å². The third kappa shape index (κ3) is 10.8. The highest BCUT2D eigenvalue weighted by Gasteiger charge is 2.29. The van der Waals surface area contributed by atoms with Crippen molar-refractivity contribution in [1.82, 2.24) is 10.2 Å². The van der Waals surface area contributed by atoms with E-state index in [2.05, 4.69) is 26.1 Å². The molecule has 0 aliphatic heterocycles. The van der Waals surface area contributed by atoms with E-state index in [0.717, 1.165) is 12.8 Å². The van der Waals surface area contributed by atoms with Gasteiger partial charge in [-0.2, -0.15) is 13.2 Å². The number of rotatable bonds is 9. The monoisotopic (exact) mass is 268 g/mol. The first kappa shape index (κ1) is 17.7. The largest absolute Gasteiger partial charge is 0.401 e. The highest BCUT2D eigenvalue weighted by atomic mass is 19.4. The van der Waals surface area contributed by atoms with Crippen LogP contribution in [0.4, 0.5) is 13.2 Å². The Morgan fingerprint density at radius 2 is 1.72 bits per heavy atom. The van der Waals surface area contributed by atoms with Crippen LogP contribution in [-0.2, 0) is 0 Å². The van der Waals surface area contributed by atoms with Crippen LogP contribution in [0.5, 0.6) is 0 Å². The van der Waals surface area contributed by atoms with E-state index in [1.54, 1.807) is 6.92 Å². The smallest absolute Gasteiger partial charge is 0.313 e. The van der Waals surface area contributed by atoms with Crippen LogP contribution in [-0.4, -0.2) is 43.3 Å². The van der Waals surface area contributed by atoms with Crippen LogP contribution in [0.3, 0.4) is 0 Å². The zero-order valence-corrected chi connectivity index (χ0v) is 12.0. The van der Waals surface area contributed by atoms with Crippen molar-refractivity contribution in [2.75, 3.05) is 26.2 Å². The molecule has 0 spiro atoms. The topological polar surface area (TPSA) is 15.3 Å². The van der Waals surface area contributed by atoms with Crippen LogP contribution < -0.4 is 5.32 Å². The van der Waals surface area contributed by atoms with E-state index in [1.807, 2.05) is 0 Å². The second-order valence-electron chi connectivity index (χ2n) is 5.31. The Balaban J connectivity index is 3.73. The molecule has 0 heterocycles. The zero-order valence-electron chi connectivity index (χ0n) is 12.0. The Kier molecular flexibility index (Phi) is 8.61. The van der Waals surface area contributed by atoms with Gasteiger partial charge in [0.15, 0.2) is 0 Å². The molecule has 5 heteroatoms. The van der Waals surface area contributed by atoms with Crippen molar-refractivity contribution >= 4 is 0 Å². The van der Waals surface area contributed by atoms with Crippen molar-refractivity contribution < 1.29 is 13.2 Å². The molecule has 1 unspecified atom stereocenters. The van der Waals surface area contributed by atoms with Crippen molar-refractivity contribution in [3.63, 3.8) is 0 Å². The lowest BCUT2D eigenvalue weighted by molar-refractivity contribution is -0.145. The van der Waals surface area contributed by atoms with Crippen LogP contribution in [0.15, 0.2) is 0 Å². The van der Waals surface area contributed by atoms with Gasteiger partial charge in [0.2, 0.25) is 0 Å². The van der Waals surface area contributed by atoms with Gasteiger partial charge < -0.3 is 5.32 Å². The number of likely N-dealkylation sites (N-methyl/N-ethyl adjacent to an activating group) is 1. The Hall–Kier alpha value is -0.290. The fraction of sp³-hybridized carbons (Fsp3) is 1.00. The maximum absolute atomic E-state index is 12.2. The summed E-state index contributed by atoms with van der Waals surface area (Å²) in [6, 6.07) is 0.372. The molecule has 18 heavy (non-hydrogen) atoms. The van der Waals surface area contributed by atoms with Crippen molar-refractivity contribution in [2.45, 2.75) is 52.8 Å². The van der Waals surface area contributed by atoms with E-state index in [9.17, 15) is 13.2 Å². The van der Waals surface area contributed by atoms with E-state index < -0.39 is 12.7 Å². The highest BCUT2D eigenvalue weighted by Crippen LogP contribution is 2.15. The van der Waals surface area contributed by atoms with Crippen molar-refractivity contribution in [2.24, 2.45) is 5.92 Å².